The SMILES string of the molecule is COc1ccc(N)cc1S(=O)(=O)Nc1ccc(Br)c(C)n1. The highest BCUT2D eigenvalue weighted by Gasteiger charge is 2.20. The van der Waals surface area contributed by atoms with Crippen molar-refractivity contribution in [2.24, 2.45) is 0 Å². The first-order valence-corrected chi connectivity index (χ1v) is 8.20. The number of anilines is 2. The highest BCUT2D eigenvalue weighted by Crippen LogP contribution is 2.27. The van der Waals surface area contributed by atoms with Crippen molar-refractivity contribution in [3.63, 3.8) is 0 Å². The minimum Gasteiger partial charge on any atom is -0.495 e. The molecule has 1 aromatic carbocycles. The van der Waals surface area contributed by atoms with Crippen molar-refractivity contribution in [1.82, 2.24) is 4.98 Å². The van der Waals surface area contributed by atoms with E-state index in [9.17, 15) is 8.42 Å². The Hall–Kier alpha value is -1.80. The molecule has 0 fully saturated rings. The summed E-state index contributed by atoms with van der Waals surface area (Å²) in [5, 5.41) is 0. The van der Waals surface area contributed by atoms with E-state index in [0.29, 0.717) is 11.4 Å². The molecule has 8 heteroatoms. The average molecular weight is 372 g/mol. The van der Waals surface area contributed by atoms with E-state index in [2.05, 4.69) is 25.6 Å². The van der Waals surface area contributed by atoms with E-state index in [1.54, 1.807) is 25.1 Å². The molecule has 2 aromatic rings. The summed E-state index contributed by atoms with van der Waals surface area (Å²) in [5.74, 6) is 0.436. The van der Waals surface area contributed by atoms with Crippen LogP contribution in [-0.2, 0) is 10.0 Å². The molecule has 6 nitrogen and oxygen atoms in total. The summed E-state index contributed by atoms with van der Waals surface area (Å²) in [6.07, 6.45) is 0. The Labute approximate surface area is 131 Å². The Balaban J connectivity index is 2.42. The first-order chi connectivity index (χ1) is 9.83. The fraction of sp³-hybridized carbons (Fsp3) is 0.154. The normalized spacial score (nSPS) is 11.2. The van der Waals surface area contributed by atoms with E-state index in [1.807, 2.05) is 0 Å². The molecule has 112 valence electrons. The van der Waals surface area contributed by atoms with Gasteiger partial charge in [-0.3, -0.25) is 4.72 Å². The van der Waals surface area contributed by atoms with Gasteiger partial charge in [-0.25, -0.2) is 13.4 Å². The number of nitrogens with two attached hydrogens (primary N) is 1. The second kappa shape index (κ2) is 5.90. The third kappa shape index (κ3) is 3.45. The third-order valence-corrected chi connectivity index (χ3v) is 4.95. The van der Waals surface area contributed by atoms with Crippen LogP contribution in [-0.4, -0.2) is 20.5 Å². The number of aromatic nitrogens is 1. The lowest BCUT2D eigenvalue weighted by Crippen LogP contribution is -2.15. The Morgan fingerprint density at radius 1 is 1.29 bits per heavy atom. The summed E-state index contributed by atoms with van der Waals surface area (Å²) in [4.78, 5) is 4.12. The van der Waals surface area contributed by atoms with Gasteiger partial charge in [-0.05, 0) is 53.2 Å². The van der Waals surface area contributed by atoms with Crippen molar-refractivity contribution in [3.8, 4) is 5.75 Å². The van der Waals surface area contributed by atoms with Gasteiger partial charge in [0.2, 0.25) is 0 Å². The number of methoxy groups -OCH3 is 1. The number of sulfonamides is 1. The molecule has 3 N–H and O–H groups in total. The van der Waals surface area contributed by atoms with Gasteiger partial charge in [0, 0.05) is 10.2 Å². The minimum atomic E-state index is -3.84. The van der Waals surface area contributed by atoms with Crippen molar-refractivity contribution in [2.45, 2.75) is 11.8 Å². The molecular formula is C13H14BrN3O3S. The van der Waals surface area contributed by atoms with Crippen molar-refractivity contribution < 1.29 is 13.2 Å². The van der Waals surface area contributed by atoms with Crippen LogP contribution in [0.3, 0.4) is 0 Å². The monoisotopic (exact) mass is 371 g/mol. The maximum Gasteiger partial charge on any atom is 0.266 e. The molecule has 0 aliphatic rings. The highest BCUT2D eigenvalue weighted by atomic mass is 79.9. The summed E-state index contributed by atoms with van der Waals surface area (Å²) in [6, 6.07) is 7.70. The van der Waals surface area contributed by atoms with Gasteiger partial charge in [-0.1, -0.05) is 0 Å². The largest absolute Gasteiger partial charge is 0.495 e. The molecule has 21 heavy (non-hydrogen) atoms. The maximum absolute atomic E-state index is 12.4. The number of nitrogens with zero attached hydrogens (tertiary/aromatic N) is 1. The second-order valence-corrected chi connectivity index (χ2v) is 6.78. The second-order valence-electron chi connectivity index (χ2n) is 4.28. The molecule has 1 aromatic heterocycles. The maximum atomic E-state index is 12.4. The first-order valence-electron chi connectivity index (χ1n) is 5.93. The molecular weight excluding hydrogens is 358 g/mol. The van der Waals surface area contributed by atoms with Gasteiger partial charge < -0.3 is 10.5 Å². The number of pyridine rings is 1. The van der Waals surface area contributed by atoms with Crippen molar-refractivity contribution >= 4 is 37.5 Å². The summed E-state index contributed by atoms with van der Waals surface area (Å²) >= 11 is 3.31. The lowest BCUT2D eigenvalue weighted by atomic mass is 10.3. The zero-order valence-electron chi connectivity index (χ0n) is 11.4. The number of aryl methyl sites for hydroxylation is 1. The van der Waals surface area contributed by atoms with Gasteiger partial charge in [0.1, 0.15) is 16.5 Å². The third-order valence-electron chi connectivity index (χ3n) is 2.74. The predicted octanol–water partition coefficient (Wildman–Crippen LogP) is 2.54. The quantitative estimate of drug-likeness (QED) is 0.805. The Bertz CT molecular complexity index is 778. The van der Waals surface area contributed by atoms with Gasteiger partial charge in [0.15, 0.2) is 0 Å². The molecule has 0 saturated carbocycles. The number of hydrogen-bond donors (Lipinski definition) is 2. The van der Waals surface area contributed by atoms with E-state index in [0.717, 1.165) is 4.47 Å². The minimum absolute atomic E-state index is 0.0348. The first kappa shape index (κ1) is 15.6. The van der Waals surface area contributed by atoms with Crippen molar-refractivity contribution in [2.75, 3.05) is 17.6 Å². The van der Waals surface area contributed by atoms with Gasteiger partial charge >= 0.3 is 0 Å². The van der Waals surface area contributed by atoms with Crippen LogP contribution in [0.4, 0.5) is 11.5 Å². The number of rotatable bonds is 4. The lowest BCUT2D eigenvalue weighted by Gasteiger charge is -2.12. The van der Waals surface area contributed by atoms with Crippen LogP contribution in [0.25, 0.3) is 0 Å². The van der Waals surface area contributed by atoms with Crippen LogP contribution in [0.2, 0.25) is 0 Å². The predicted molar refractivity (Wildman–Crippen MR) is 84.9 cm³/mol. The smallest absolute Gasteiger partial charge is 0.266 e. The number of nitrogen functional groups attached to an aromatic ring is 1. The van der Waals surface area contributed by atoms with Gasteiger partial charge in [0.25, 0.3) is 10.0 Å². The number of nitrogens with one attached hydrogen (secondary N) is 1. The van der Waals surface area contributed by atoms with Crippen LogP contribution in [0.1, 0.15) is 5.69 Å². The van der Waals surface area contributed by atoms with Crippen LogP contribution in [0.5, 0.6) is 5.75 Å². The van der Waals surface area contributed by atoms with Crippen molar-refractivity contribution in [1.29, 1.82) is 0 Å². The standard InChI is InChI=1S/C13H14BrN3O3S/c1-8-10(14)4-6-13(16-8)17-21(18,19)12-7-9(15)3-5-11(12)20-2/h3-7H,15H2,1-2H3,(H,16,17). The summed E-state index contributed by atoms with van der Waals surface area (Å²) in [5.41, 5.74) is 6.65. The number of ether oxygens (including phenoxy) is 1. The number of benzene rings is 1. The van der Waals surface area contributed by atoms with E-state index in [1.165, 1.54) is 19.2 Å². The topological polar surface area (TPSA) is 94.3 Å². The molecule has 0 saturated heterocycles. The molecule has 0 atom stereocenters. The average Bonchev–Trinajstić information content (AvgIpc) is 2.42. The number of hydrogen-bond acceptors (Lipinski definition) is 5. The van der Waals surface area contributed by atoms with Gasteiger partial charge in [-0.15, -0.1) is 0 Å². The van der Waals surface area contributed by atoms with Crippen LogP contribution < -0.4 is 15.2 Å². The molecule has 0 amide bonds. The van der Waals surface area contributed by atoms with E-state index in [-0.39, 0.29) is 16.5 Å². The Kier molecular flexibility index (Phi) is 4.38. The molecule has 0 radical (unpaired) electrons. The fourth-order valence-electron chi connectivity index (χ4n) is 1.70. The summed E-state index contributed by atoms with van der Waals surface area (Å²) in [6.45, 7) is 1.77. The summed E-state index contributed by atoms with van der Waals surface area (Å²) in [7, 11) is -2.45. The zero-order valence-corrected chi connectivity index (χ0v) is 13.8. The van der Waals surface area contributed by atoms with Crippen LogP contribution >= 0.6 is 15.9 Å². The lowest BCUT2D eigenvalue weighted by molar-refractivity contribution is 0.403. The van der Waals surface area contributed by atoms with E-state index >= 15 is 0 Å². The Morgan fingerprint density at radius 2 is 2.00 bits per heavy atom. The van der Waals surface area contributed by atoms with E-state index < -0.39 is 10.0 Å². The molecule has 0 spiro atoms. The molecule has 0 unspecified atom stereocenters. The van der Waals surface area contributed by atoms with E-state index in [4.69, 9.17) is 10.5 Å². The molecule has 0 aliphatic heterocycles. The summed E-state index contributed by atoms with van der Waals surface area (Å²) < 4.78 is 33.1. The fourth-order valence-corrected chi connectivity index (χ4v) is 3.12. The Morgan fingerprint density at radius 3 is 2.62 bits per heavy atom. The number of halogens is 1. The van der Waals surface area contributed by atoms with Crippen LogP contribution in [0.15, 0.2) is 39.7 Å². The molecule has 2 rings (SSSR count). The van der Waals surface area contributed by atoms with Gasteiger partial charge in [0.05, 0.1) is 12.8 Å². The highest BCUT2D eigenvalue weighted by molar-refractivity contribution is 9.10. The molecule has 1 heterocycles. The van der Waals surface area contributed by atoms with Crippen LogP contribution in [0, 0.1) is 6.92 Å². The molecule has 0 bridgehead atoms. The van der Waals surface area contributed by atoms with Crippen molar-refractivity contribution in [3.05, 3.63) is 40.5 Å². The zero-order chi connectivity index (χ0) is 15.6. The van der Waals surface area contributed by atoms with Gasteiger partial charge in [-0.2, -0.15) is 0 Å². The molecule has 0 aliphatic carbocycles.